The number of hydrogen-bond donors (Lipinski definition) is 1. The third kappa shape index (κ3) is 3.55. The largest absolute Gasteiger partial charge is 0.495 e. The van der Waals surface area contributed by atoms with Gasteiger partial charge in [-0.1, -0.05) is 0 Å². The van der Waals surface area contributed by atoms with Crippen LogP contribution in [0, 0.1) is 0 Å². The molecule has 1 rings (SSSR count). The van der Waals surface area contributed by atoms with E-state index in [1.807, 2.05) is 13.2 Å². The Kier molecular flexibility index (Phi) is 5.51. The summed E-state index contributed by atoms with van der Waals surface area (Å²) in [7, 11) is -0.482. The minimum atomic E-state index is -3.53. The van der Waals surface area contributed by atoms with Gasteiger partial charge < -0.3 is 10.5 Å². The summed E-state index contributed by atoms with van der Waals surface area (Å²) in [5.74, 6) is 1.11. The molecule has 1 aromatic carbocycles. The van der Waals surface area contributed by atoms with E-state index in [1.54, 1.807) is 24.9 Å². The molecule has 0 aliphatic rings. The third-order valence-corrected chi connectivity index (χ3v) is 5.69. The molecule has 0 bridgehead atoms. The molecule has 108 valence electrons. The Morgan fingerprint density at radius 1 is 1.47 bits per heavy atom. The van der Waals surface area contributed by atoms with Gasteiger partial charge in [0.2, 0.25) is 10.0 Å². The van der Waals surface area contributed by atoms with E-state index in [4.69, 9.17) is 10.5 Å². The van der Waals surface area contributed by atoms with E-state index in [2.05, 4.69) is 0 Å². The number of rotatable bonds is 6. The molecule has 0 heterocycles. The molecule has 0 saturated carbocycles. The monoisotopic (exact) mass is 304 g/mol. The molecule has 2 N–H and O–H groups in total. The molecule has 5 nitrogen and oxygen atoms in total. The van der Waals surface area contributed by atoms with Crippen LogP contribution < -0.4 is 10.5 Å². The van der Waals surface area contributed by atoms with Gasteiger partial charge in [-0.05, 0) is 25.3 Å². The predicted octanol–water partition coefficient (Wildman–Crippen LogP) is 1.65. The lowest BCUT2D eigenvalue weighted by Gasteiger charge is -2.24. The molecule has 1 atom stereocenters. The number of hydrogen-bond acceptors (Lipinski definition) is 5. The second kappa shape index (κ2) is 6.49. The summed E-state index contributed by atoms with van der Waals surface area (Å²) in [6.07, 6.45) is 1.95. The van der Waals surface area contributed by atoms with Crippen molar-refractivity contribution < 1.29 is 13.2 Å². The second-order valence-electron chi connectivity index (χ2n) is 4.23. The molecular formula is C12H20N2O3S2. The molecule has 0 saturated heterocycles. The van der Waals surface area contributed by atoms with Gasteiger partial charge in [0.05, 0.1) is 17.7 Å². The van der Waals surface area contributed by atoms with Gasteiger partial charge in [0.15, 0.2) is 0 Å². The maximum Gasteiger partial charge on any atom is 0.243 e. The van der Waals surface area contributed by atoms with Crippen molar-refractivity contribution in [2.24, 2.45) is 0 Å². The van der Waals surface area contributed by atoms with Gasteiger partial charge in [-0.3, -0.25) is 0 Å². The number of nitrogen functional groups attached to an aromatic ring is 1. The van der Waals surface area contributed by atoms with Crippen LogP contribution in [0.1, 0.15) is 6.92 Å². The Bertz CT molecular complexity index is 532. The number of nitrogens with zero attached hydrogens (tertiary/aromatic N) is 1. The first-order valence-electron chi connectivity index (χ1n) is 5.75. The minimum Gasteiger partial charge on any atom is -0.495 e. The summed E-state index contributed by atoms with van der Waals surface area (Å²) in [6, 6.07) is 4.41. The first-order chi connectivity index (χ1) is 8.84. The normalized spacial score (nSPS) is 13.5. The molecule has 0 aliphatic heterocycles. The molecule has 0 aliphatic carbocycles. The highest BCUT2D eigenvalue weighted by molar-refractivity contribution is 7.98. The van der Waals surface area contributed by atoms with Crippen molar-refractivity contribution in [2.45, 2.75) is 17.9 Å². The van der Waals surface area contributed by atoms with Crippen LogP contribution in [0.25, 0.3) is 0 Å². The van der Waals surface area contributed by atoms with Crippen molar-refractivity contribution in [3.05, 3.63) is 18.2 Å². The number of nitrogens with two attached hydrogens (primary N) is 1. The van der Waals surface area contributed by atoms with Crippen LogP contribution in [-0.4, -0.2) is 44.9 Å². The summed E-state index contributed by atoms with van der Waals surface area (Å²) >= 11 is 1.61. The van der Waals surface area contributed by atoms with E-state index in [1.165, 1.54) is 23.5 Å². The predicted molar refractivity (Wildman–Crippen MR) is 80.2 cm³/mol. The van der Waals surface area contributed by atoms with Crippen molar-refractivity contribution in [3.8, 4) is 5.75 Å². The van der Waals surface area contributed by atoms with Crippen LogP contribution in [0.5, 0.6) is 5.75 Å². The van der Waals surface area contributed by atoms with Crippen LogP contribution >= 0.6 is 11.8 Å². The molecule has 7 heteroatoms. The van der Waals surface area contributed by atoms with Gasteiger partial charge in [-0.2, -0.15) is 16.1 Å². The van der Waals surface area contributed by atoms with Crippen LogP contribution in [0.15, 0.2) is 23.1 Å². The van der Waals surface area contributed by atoms with E-state index < -0.39 is 10.0 Å². The lowest BCUT2D eigenvalue weighted by Crippen LogP contribution is -2.36. The standard InChI is InChI=1S/C12H20N2O3S2/c1-9(8-18-4)14(2)19(15,16)10-5-6-11(13)12(7-10)17-3/h5-7,9H,8,13H2,1-4H3. The summed E-state index contributed by atoms with van der Waals surface area (Å²) in [5.41, 5.74) is 6.11. The highest BCUT2D eigenvalue weighted by Gasteiger charge is 2.25. The molecule has 0 aromatic heterocycles. The Hall–Kier alpha value is -0.920. The fraction of sp³-hybridized carbons (Fsp3) is 0.500. The number of thioether (sulfide) groups is 1. The van der Waals surface area contributed by atoms with Gasteiger partial charge in [0.25, 0.3) is 0 Å². The zero-order valence-corrected chi connectivity index (χ0v) is 13.2. The van der Waals surface area contributed by atoms with E-state index in [-0.39, 0.29) is 10.9 Å². The van der Waals surface area contributed by atoms with Gasteiger partial charge in [-0.15, -0.1) is 0 Å². The summed E-state index contributed by atoms with van der Waals surface area (Å²) in [6.45, 7) is 1.88. The van der Waals surface area contributed by atoms with Crippen molar-refractivity contribution in [3.63, 3.8) is 0 Å². The average molecular weight is 304 g/mol. The molecule has 1 aromatic rings. The number of benzene rings is 1. The SMILES string of the molecule is COc1cc(S(=O)(=O)N(C)C(C)CSC)ccc1N. The zero-order chi connectivity index (χ0) is 14.6. The lowest BCUT2D eigenvalue weighted by molar-refractivity contribution is 0.408. The Labute approximate surface area is 119 Å². The Balaban J connectivity index is 3.13. The highest BCUT2D eigenvalue weighted by atomic mass is 32.2. The maximum absolute atomic E-state index is 12.4. The smallest absolute Gasteiger partial charge is 0.243 e. The second-order valence-corrected chi connectivity index (χ2v) is 7.14. The van der Waals surface area contributed by atoms with Crippen molar-refractivity contribution in [1.29, 1.82) is 0 Å². The number of methoxy groups -OCH3 is 1. The van der Waals surface area contributed by atoms with E-state index >= 15 is 0 Å². The van der Waals surface area contributed by atoms with Crippen LogP contribution in [0.4, 0.5) is 5.69 Å². The molecule has 0 amide bonds. The quantitative estimate of drug-likeness (QED) is 0.809. The molecule has 1 unspecified atom stereocenters. The molecule has 19 heavy (non-hydrogen) atoms. The van der Waals surface area contributed by atoms with E-state index in [0.29, 0.717) is 11.4 Å². The van der Waals surface area contributed by atoms with Gasteiger partial charge in [-0.25, -0.2) is 8.42 Å². The number of ether oxygens (including phenoxy) is 1. The van der Waals surface area contributed by atoms with Gasteiger partial charge in [0.1, 0.15) is 5.75 Å². The van der Waals surface area contributed by atoms with Crippen molar-refractivity contribution >= 4 is 27.5 Å². The fourth-order valence-corrected chi connectivity index (χ4v) is 3.78. The fourth-order valence-electron chi connectivity index (χ4n) is 1.60. The van der Waals surface area contributed by atoms with Crippen LogP contribution in [0.3, 0.4) is 0 Å². The Morgan fingerprint density at radius 2 is 2.11 bits per heavy atom. The average Bonchev–Trinajstić information content (AvgIpc) is 2.38. The molecule has 0 fully saturated rings. The summed E-state index contributed by atoms with van der Waals surface area (Å²) in [4.78, 5) is 0.189. The van der Waals surface area contributed by atoms with Crippen molar-refractivity contribution in [2.75, 3.05) is 31.9 Å². The van der Waals surface area contributed by atoms with E-state index in [0.717, 1.165) is 5.75 Å². The minimum absolute atomic E-state index is 0.0800. The first kappa shape index (κ1) is 16.1. The molecule has 0 spiro atoms. The van der Waals surface area contributed by atoms with Gasteiger partial charge >= 0.3 is 0 Å². The first-order valence-corrected chi connectivity index (χ1v) is 8.58. The van der Waals surface area contributed by atoms with Crippen LogP contribution in [0.2, 0.25) is 0 Å². The van der Waals surface area contributed by atoms with E-state index in [9.17, 15) is 8.42 Å². The molecule has 0 radical (unpaired) electrons. The maximum atomic E-state index is 12.4. The highest BCUT2D eigenvalue weighted by Crippen LogP contribution is 2.27. The summed E-state index contributed by atoms with van der Waals surface area (Å²) < 4.78 is 31.3. The zero-order valence-electron chi connectivity index (χ0n) is 11.6. The number of anilines is 1. The summed E-state index contributed by atoms with van der Waals surface area (Å²) in [5, 5.41) is 0. The van der Waals surface area contributed by atoms with Crippen LogP contribution in [-0.2, 0) is 10.0 Å². The lowest BCUT2D eigenvalue weighted by atomic mass is 10.3. The topological polar surface area (TPSA) is 72.6 Å². The van der Waals surface area contributed by atoms with Gasteiger partial charge in [0, 0.05) is 24.9 Å². The molecular weight excluding hydrogens is 284 g/mol. The third-order valence-electron chi connectivity index (χ3n) is 2.91. The Morgan fingerprint density at radius 3 is 2.63 bits per heavy atom. The van der Waals surface area contributed by atoms with Crippen molar-refractivity contribution in [1.82, 2.24) is 4.31 Å². The number of sulfonamides is 1.